The lowest BCUT2D eigenvalue weighted by Gasteiger charge is -2.25. The van der Waals surface area contributed by atoms with Crippen molar-refractivity contribution in [1.29, 1.82) is 0 Å². The fourth-order valence-corrected chi connectivity index (χ4v) is 4.57. The van der Waals surface area contributed by atoms with Crippen LogP contribution >= 0.6 is 0 Å². The molecule has 1 atom stereocenters. The number of aromatic nitrogens is 1. The summed E-state index contributed by atoms with van der Waals surface area (Å²) in [6.45, 7) is 6.59. The zero-order chi connectivity index (χ0) is 25.4. The highest BCUT2D eigenvalue weighted by Crippen LogP contribution is 2.44. The number of carbonyl (C=O) groups excluding carboxylic acids is 2. The molecular formula is C30H28N2O4. The van der Waals surface area contributed by atoms with Gasteiger partial charge in [-0.15, -0.1) is 0 Å². The molecule has 0 aliphatic carbocycles. The third-order valence-electron chi connectivity index (χ3n) is 6.36. The number of amides is 1. The van der Waals surface area contributed by atoms with E-state index in [1.54, 1.807) is 30.5 Å². The van der Waals surface area contributed by atoms with Gasteiger partial charge in [0.05, 0.1) is 18.2 Å². The van der Waals surface area contributed by atoms with Crippen LogP contribution < -0.4 is 9.64 Å². The number of anilines is 1. The van der Waals surface area contributed by atoms with Gasteiger partial charge in [-0.05, 0) is 43.2 Å². The van der Waals surface area contributed by atoms with Gasteiger partial charge in [0, 0.05) is 33.9 Å². The molecule has 1 saturated heterocycles. The van der Waals surface area contributed by atoms with E-state index in [1.807, 2.05) is 55.5 Å². The molecule has 1 aromatic heterocycles. The first-order valence-electron chi connectivity index (χ1n) is 12.0. The number of benzene rings is 3. The van der Waals surface area contributed by atoms with Gasteiger partial charge >= 0.3 is 0 Å². The van der Waals surface area contributed by atoms with Crippen LogP contribution in [0.5, 0.6) is 5.75 Å². The van der Waals surface area contributed by atoms with E-state index < -0.39 is 17.7 Å². The number of aryl methyl sites for hydroxylation is 1. The van der Waals surface area contributed by atoms with E-state index in [-0.39, 0.29) is 11.3 Å². The SMILES string of the molecule is Cc1ccc(N2C(=O)C(=O)/C(=C(/O)c3cccc(OCC(C)C)c3)C2c2c[nH]c3ccccc23)cc1. The summed E-state index contributed by atoms with van der Waals surface area (Å²) in [6.07, 6.45) is 1.80. The Morgan fingerprint density at radius 3 is 2.53 bits per heavy atom. The molecule has 36 heavy (non-hydrogen) atoms. The largest absolute Gasteiger partial charge is 0.507 e. The second-order valence-corrected chi connectivity index (χ2v) is 9.53. The molecule has 182 valence electrons. The summed E-state index contributed by atoms with van der Waals surface area (Å²) >= 11 is 0. The topological polar surface area (TPSA) is 82.6 Å². The van der Waals surface area contributed by atoms with Crippen LogP contribution in [0.25, 0.3) is 16.7 Å². The summed E-state index contributed by atoms with van der Waals surface area (Å²) in [6, 6.07) is 21.3. The Labute approximate surface area is 209 Å². The number of para-hydroxylation sites is 1. The maximum atomic E-state index is 13.5. The summed E-state index contributed by atoms with van der Waals surface area (Å²) in [7, 11) is 0. The standard InChI is InChI=1S/C30H28N2O4/c1-18(2)17-36-22-8-6-7-20(15-22)28(33)26-27(24-16-31-25-10-5-4-9-23(24)25)32(30(35)29(26)34)21-13-11-19(3)12-14-21/h4-16,18,27,31,33H,17H2,1-3H3/b28-26+. The molecule has 1 fully saturated rings. The molecule has 0 bridgehead atoms. The van der Waals surface area contributed by atoms with Crippen molar-refractivity contribution in [2.45, 2.75) is 26.8 Å². The van der Waals surface area contributed by atoms with E-state index in [2.05, 4.69) is 18.8 Å². The second-order valence-electron chi connectivity index (χ2n) is 9.53. The van der Waals surface area contributed by atoms with E-state index in [4.69, 9.17) is 4.74 Å². The predicted molar refractivity (Wildman–Crippen MR) is 141 cm³/mol. The summed E-state index contributed by atoms with van der Waals surface area (Å²) in [5, 5.41) is 12.4. The van der Waals surface area contributed by atoms with Crippen molar-refractivity contribution < 1.29 is 19.4 Å². The first-order chi connectivity index (χ1) is 17.3. The fourth-order valence-electron chi connectivity index (χ4n) is 4.57. The van der Waals surface area contributed by atoms with Gasteiger partial charge in [-0.3, -0.25) is 14.5 Å². The molecule has 5 rings (SSSR count). The van der Waals surface area contributed by atoms with E-state index in [1.165, 1.54) is 4.90 Å². The Hall–Kier alpha value is -4.32. The number of ether oxygens (including phenoxy) is 1. The van der Waals surface area contributed by atoms with Gasteiger partial charge in [-0.25, -0.2) is 0 Å². The number of fused-ring (bicyclic) bond motifs is 1. The maximum absolute atomic E-state index is 13.5. The predicted octanol–water partition coefficient (Wildman–Crippen LogP) is 6.14. The van der Waals surface area contributed by atoms with Crippen LogP contribution in [0.2, 0.25) is 0 Å². The Kier molecular flexibility index (Phi) is 6.10. The van der Waals surface area contributed by atoms with Crippen molar-refractivity contribution >= 4 is 34.0 Å². The highest BCUT2D eigenvalue weighted by atomic mass is 16.5. The van der Waals surface area contributed by atoms with Crippen LogP contribution in [0.1, 0.15) is 36.6 Å². The minimum Gasteiger partial charge on any atom is -0.507 e. The molecule has 1 aliphatic heterocycles. The number of carbonyl (C=O) groups is 2. The molecule has 0 spiro atoms. The average molecular weight is 481 g/mol. The van der Waals surface area contributed by atoms with Crippen LogP contribution in [0.3, 0.4) is 0 Å². The Bertz CT molecular complexity index is 1480. The minimum atomic E-state index is -0.802. The van der Waals surface area contributed by atoms with Gasteiger partial charge in [-0.2, -0.15) is 0 Å². The van der Waals surface area contributed by atoms with Gasteiger partial charge in [0.2, 0.25) is 0 Å². The lowest BCUT2D eigenvalue weighted by atomic mass is 9.94. The maximum Gasteiger partial charge on any atom is 0.300 e. The Morgan fingerprint density at radius 2 is 1.78 bits per heavy atom. The van der Waals surface area contributed by atoms with Crippen LogP contribution in [0.4, 0.5) is 5.69 Å². The first kappa shape index (κ1) is 23.4. The summed E-state index contributed by atoms with van der Waals surface area (Å²) in [4.78, 5) is 31.6. The monoisotopic (exact) mass is 480 g/mol. The zero-order valence-electron chi connectivity index (χ0n) is 20.5. The van der Waals surface area contributed by atoms with Crippen LogP contribution in [0.15, 0.2) is 84.6 Å². The number of aliphatic hydroxyl groups is 1. The molecule has 6 nitrogen and oxygen atoms in total. The third-order valence-corrected chi connectivity index (χ3v) is 6.36. The van der Waals surface area contributed by atoms with Gasteiger partial charge in [0.1, 0.15) is 11.5 Å². The van der Waals surface area contributed by atoms with Crippen LogP contribution in [-0.4, -0.2) is 28.4 Å². The van der Waals surface area contributed by atoms with E-state index in [0.717, 1.165) is 22.0 Å². The van der Waals surface area contributed by atoms with Gasteiger partial charge < -0.3 is 14.8 Å². The van der Waals surface area contributed by atoms with Crippen LogP contribution in [-0.2, 0) is 9.59 Å². The van der Waals surface area contributed by atoms with E-state index >= 15 is 0 Å². The molecule has 4 aromatic rings. The Balaban J connectivity index is 1.69. The number of nitrogens with zero attached hydrogens (tertiary/aromatic N) is 1. The molecule has 1 unspecified atom stereocenters. The van der Waals surface area contributed by atoms with Gasteiger partial charge in [-0.1, -0.05) is 61.9 Å². The number of nitrogens with one attached hydrogen (secondary N) is 1. The van der Waals surface area contributed by atoms with Crippen molar-refractivity contribution in [2.24, 2.45) is 5.92 Å². The molecule has 0 radical (unpaired) electrons. The molecule has 1 amide bonds. The normalized spacial score (nSPS) is 17.3. The lowest BCUT2D eigenvalue weighted by molar-refractivity contribution is -0.132. The highest BCUT2D eigenvalue weighted by molar-refractivity contribution is 6.51. The molecule has 3 aromatic carbocycles. The van der Waals surface area contributed by atoms with Crippen molar-refractivity contribution in [3.63, 3.8) is 0 Å². The average Bonchev–Trinajstić information content (AvgIpc) is 3.41. The number of rotatable bonds is 6. The Morgan fingerprint density at radius 1 is 1.03 bits per heavy atom. The molecule has 2 N–H and O–H groups in total. The van der Waals surface area contributed by atoms with Crippen molar-refractivity contribution in [1.82, 2.24) is 4.98 Å². The van der Waals surface area contributed by atoms with Gasteiger partial charge in [0.25, 0.3) is 11.7 Å². The number of aromatic amines is 1. The zero-order valence-corrected chi connectivity index (χ0v) is 20.5. The van der Waals surface area contributed by atoms with Crippen LogP contribution in [0, 0.1) is 12.8 Å². The summed E-state index contributed by atoms with van der Waals surface area (Å²) < 4.78 is 5.83. The minimum absolute atomic E-state index is 0.0475. The summed E-state index contributed by atoms with van der Waals surface area (Å²) in [5.41, 5.74) is 3.71. The fraction of sp³-hybridized carbons (Fsp3) is 0.200. The van der Waals surface area contributed by atoms with E-state index in [9.17, 15) is 14.7 Å². The summed E-state index contributed by atoms with van der Waals surface area (Å²) in [5.74, 6) is -0.707. The third kappa shape index (κ3) is 4.15. The number of aliphatic hydroxyl groups excluding tert-OH is 1. The van der Waals surface area contributed by atoms with E-state index in [0.29, 0.717) is 29.5 Å². The van der Waals surface area contributed by atoms with Crippen molar-refractivity contribution in [3.05, 3.63) is 101 Å². The molecule has 0 saturated carbocycles. The van der Waals surface area contributed by atoms with Crippen molar-refractivity contribution in [3.8, 4) is 5.75 Å². The first-order valence-corrected chi connectivity index (χ1v) is 12.0. The molecule has 2 heterocycles. The number of Topliss-reactive ketones (excluding diaryl/α,β-unsaturated/α-hetero) is 1. The number of hydrogen-bond acceptors (Lipinski definition) is 4. The highest BCUT2D eigenvalue weighted by Gasteiger charge is 2.47. The smallest absolute Gasteiger partial charge is 0.300 e. The quantitative estimate of drug-likeness (QED) is 0.197. The lowest BCUT2D eigenvalue weighted by Crippen LogP contribution is -2.29. The molecule has 1 aliphatic rings. The molecular weight excluding hydrogens is 452 g/mol. The number of H-pyrrole nitrogens is 1. The number of ketones is 1. The van der Waals surface area contributed by atoms with Crippen molar-refractivity contribution in [2.75, 3.05) is 11.5 Å². The van der Waals surface area contributed by atoms with Gasteiger partial charge in [0.15, 0.2) is 0 Å². The second kappa shape index (κ2) is 9.38. The number of hydrogen-bond donors (Lipinski definition) is 2. The molecule has 6 heteroatoms.